The van der Waals surface area contributed by atoms with Crippen molar-refractivity contribution in [2.45, 2.75) is 20.0 Å². The van der Waals surface area contributed by atoms with Crippen LogP contribution < -0.4 is 10.9 Å². The summed E-state index contributed by atoms with van der Waals surface area (Å²) in [6.45, 7) is 2.70. The van der Waals surface area contributed by atoms with Gasteiger partial charge in [0, 0.05) is 12.1 Å². The number of amides is 1. The van der Waals surface area contributed by atoms with Gasteiger partial charge in [0.25, 0.3) is 11.5 Å². The molecule has 7 nitrogen and oxygen atoms in total. The highest BCUT2D eigenvalue weighted by Gasteiger charge is 2.14. The second-order valence-electron chi connectivity index (χ2n) is 6.97. The first-order chi connectivity index (χ1) is 14.6. The molecular formula is C23H21N5O2. The summed E-state index contributed by atoms with van der Waals surface area (Å²) in [5.41, 5.74) is 2.70. The van der Waals surface area contributed by atoms with Crippen LogP contribution in [0.2, 0.25) is 0 Å². The van der Waals surface area contributed by atoms with Crippen LogP contribution in [-0.4, -0.2) is 25.5 Å². The molecule has 2 aromatic carbocycles. The van der Waals surface area contributed by atoms with Crippen molar-refractivity contribution >= 4 is 11.7 Å². The number of carbonyl (C=O) groups excluding carboxylic acids is 1. The predicted molar refractivity (Wildman–Crippen MR) is 115 cm³/mol. The van der Waals surface area contributed by atoms with Gasteiger partial charge in [-0.25, -0.2) is 9.36 Å². The molecule has 0 unspecified atom stereocenters. The third-order valence-electron chi connectivity index (χ3n) is 4.59. The van der Waals surface area contributed by atoms with Gasteiger partial charge < -0.3 is 5.32 Å². The van der Waals surface area contributed by atoms with E-state index in [1.807, 2.05) is 67.6 Å². The molecule has 0 radical (unpaired) electrons. The van der Waals surface area contributed by atoms with Crippen molar-refractivity contribution in [2.24, 2.45) is 0 Å². The van der Waals surface area contributed by atoms with E-state index in [2.05, 4.69) is 15.5 Å². The van der Waals surface area contributed by atoms with Crippen LogP contribution in [0.3, 0.4) is 0 Å². The van der Waals surface area contributed by atoms with Gasteiger partial charge in [0.2, 0.25) is 0 Å². The molecule has 0 aliphatic carbocycles. The summed E-state index contributed by atoms with van der Waals surface area (Å²) in [5, 5.41) is 11.6. The molecule has 0 aliphatic heterocycles. The molecule has 0 saturated heterocycles. The quantitative estimate of drug-likeness (QED) is 0.540. The third kappa shape index (κ3) is 4.52. The fourth-order valence-electron chi connectivity index (χ4n) is 3.14. The molecule has 2 aromatic heterocycles. The smallest absolute Gasteiger partial charge is 0.277 e. The van der Waals surface area contributed by atoms with E-state index in [0.29, 0.717) is 18.9 Å². The van der Waals surface area contributed by atoms with Crippen LogP contribution in [0.1, 0.15) is 27.3 Å². The lowest BCUT2D eigenvalue weighted by molar-refractivity contribution is 0.101. The Morgan fingerprint density at radius 2 is 1.43 bits per heavy atom. The van der Waals surface area contributed by atoms with Crippen molar-refractivity contribution < 1.29 is 4.79 Å². The third-order valence-corrected chi connectivity index (χ3v) is 4.59. The average molecular weight is 399 g/mol. The second kappa shape index (κ2) is 8.57. The van der Waals surface area contributed by atoms with Crippen LogP contribution in [0.15, 0.2) is 83.7 Å². The molecule has 30 heavy (non-hydrogen) atoms. The number of aromatic nitrogens is 4. The molecule has 0 bridgehead atoms. The SMILES string of the molecule is Cc1cc(NC(=O)c2ccc(=O)n(Cc3ccccc3)n2)n(Cc2ccccc2)n1. The summed E-state index contributed by atoms with van der Waals surface area (Å²) in [5.74, 6) is 0.176. The highest BCUT2D eigenvalue weighted by Crippen LogP contribution is 2.14. The van der Waals surface area contributed by atoms with Crippen molar-refractivity contribution in [1.82, 2.24) is 19.6 Å². The molecule has 7 heteroatoms. The Morgan fingerprint density at radius 3 is 2.07 bits per heavy atom. The number of anilines is 1. The minimum Gasteiger partial charge on any atom is -0.305 e. The van der Waals surface area contributed by atoms with Crippen molar-refractivity contribution in [2.75, 3.05) is 5.32 Å². The number of aryl methyl sites for hydroxylation is 1. The van der Waals surface area contributed by atoms with Gasteiger partial charge in [-0.1, -0.05) is 60.7 Å². The van der Waals surface area contributed by atoms with E-state index in [1.165, 1.54) is 16.8 Å². The molecule has 150 valence electrons. The van der Waals surface area contributed by atoms with E-state index in [0.717, 1.165) is 16.8 Å². The van der Waals surface area contributed by atoms with Crippen molar-refractivity contribution in [3.63, 3.8) is 0 Å². The Bertz CT molecular complexity index is 1210. The standard InChI is InChI=1S/C23H21N5O2/c1-17-14-21(27(25-17)15-18-8-4-2-5-9-18)24-23(30)20-12-13-22(29)28(26-20)16-19-10-6-3-7-11-19/h2-14H,15-16H2,1H3,(H,24,30). The maximum Gasteiger partial charge on any atom is 0.277 e. The van der Waals surface area contributed by atoms with E-state index in [9.17, 15) is 9.59 Å². The van der Waals surface area contributed by atoms with Gasteiger partial charge in [0.15, 0.2) is 0 Å². The Labute approximate surface area is 173 Å². The molecule has 4 rings (SSSR count). The van der Waals surface area contributed by atoms with Crippen LogP contribution in [0.25, 0.3) is 0 Å². The predicted octanol–water partition coefficient (Wildman–Crippen LogP) is 3.10. The molecule has 1 amide bonds. The van der Waals surface area contributed by atoms with E-state index < -0.39 is 5.91 Å². The number of nitrogens with zero attached hydrogens (tertiary/aromatic N) is 4. The van der Waals surface area contributed by atoms with Gasteiger partial charge in [-0.2, -0.15) is 10.2 Å². The first kappa shape index (κ1) is 19.3. The number of hydrogen-bond acceptors (Lipinski definition) is 4. The van der Waals surface area contributed by atoms with Gasteiger partial charge in [-0.05, 0) is 24.1 Å². The Hall–Kier alpha value is -4.00. The molecule has 2 heterocycles. The van der Waals surface area contributed by atoms with Crippen LogP contribution in [0.4, 0.5) is 5.82 Å². The van der Waals surface area contributed by atoms with E-state index in [1.54, 1.807) is 10.7 Å². The normalized spacial score (nSPS) is 10.7. The Morgan fingerprint density at radius 1 is 0.833 bits per heavy atom. The molecular weight excluding hydrogens is 378 g/mol. The van der Waals surface area contributed by atoms with E-state index >= 15 is 0 Å². The first-order valence-electron chi connectivity index (χ1n) is 9.60. The summed E-state index contributed by atoms with van der Waals surface area (Å²) >= 11 is 0. The van der Waals surface area contributed by atoms with Gasteiger partial charge in [0.1, 0.15) is 11.5 Å². The van der Waals surface area contributed by atoms with Gasteiger partial charge in [-0.15, -0.1) is 0 Å². The van der Waals surface area contributed by atoms with E-state index in [-0.39, 0.29) is 11.3 Å². The monoisotopic (exact) mass is 399 g/mol. The molecule has 0 atom stereocenters. The maximum atomic E-state index is 12.8. The lowest BCUT2D eigenvalue weighted by atomic mass is 10.2. The van der Waals surface area contributed by atoms with E-state index in [4.69, 9.17) is 0 Å². The summed E-state index contributed by atoms with van der Waals surface area (Å²) in [6, 6.07) is 24.0. The molecule has 1 N–H and O–H groups in total. The van der Waals surface area contributed by atoms with Crippen molar-refractivity contribution in [1.29, 1.82) is 0 Å². The highest BCUT2D eigenvalue weighted by molar-refractivity contribution is 6.02. The zero-order valence-corrected chi connectivity index (χ0v) is 16.5. The van der Waals surface area contributed by atoms with Crippen molar-refractivity contribution in [3.8, 4) is 0 Å². The minimum absolute atomic E-state index is 0.163. The second-order valence-corrected chi connectivity index (χ2v) is 6.97. The van der Waals surface area contributed by atoms with Crippen LogP contribution >= 0.6 is 0 Å². The number of rotatable bonds is 6. The fourth-order valence-corrected chi connectivity index (χ4v) is 3.14. The van der Waals surface area contributed by atoms with Crippen LogP contribution in [-0.2, 0) is 13.1 Å². The first-order valence-corrected chi connectivity index (χ1v) is 9.60. The summed E-state index contributed by atoms with van der Waals surface area (Å²) < 4.78 is 3.03. The maximum absolute atomic E-state index is 12.8. The average Bonchev–Trinajstić information content (AvgIpc) is 3.09. The lowest BCUT2D eigenvalue weighted by Gasteiger charge is -2.10. The fraction of sp³-hybridized carbons (Fsp3) is 0.130. The number of nitrogens with one attached hydrogen (secondary N) is 1. The number of hydrogen-bond donors (Lipinski definition) is 1. The topological polar surface area (TPSA) is 81.8 Å². The summed E-state index contributed by atoms with van der Waals surface area (Å²) in [7, 11) is 0. The summed E-state index contributed by atoms with van der Waals surface area (Å²) in [4.78, 5) is 25.0. The molecule has 0 fully saturated rings. The van der Waals surface area contributed by atoms with Gasteiger partial charge >= 0.3 is 0 Å². The number of benzene rings is 2. The highest BCUT2D eigenvalue weighted by atomic mass is 16.2. The van der Waals surface area contributed by atoms with Crippen LogP contribution in [0.5, 0.6) is 0 Å². The zero-order valence-electron chi connectivity index (χ0n) is 16.5. The zero-order chi connectivity index (χ0) is 20.9. The number of carbonyl (C=O) groups is 1. The van der Waals surface area contributed by atoms with Gasteiger partial charge in [-0.3, -0.25) is 9.59 Å². The summed E-state index contributed by atoms with van der Waals surface area (Å²) in [6.07, 6.45) is 0. The Kier molecular flexibility index (Phi) is 5.52. The van der Waals surface area contributed by atoms with Gasteiger partial charge in [0.05, 0.1) is 18.8 Å². The minimum atomic E-state index is -0.397. The lowest BCUT2D eigenvalue weighted by Crippen LogP contribution is -2.27. The van der Waals surface area contributed by atoms with Crippen LogP contribution in [0, 0.1) is 6.92 Å². The molecule has 4 aromatic rings. The molecule has 0 spiro atoms. The molecule has 0 aliphatic rings. The largest absolute Gasteiger partial charge is 0.305 e. The molecule has 0 saturated carbocycles. The Balaban J connectivity index is 1.55. The van der Waals surface area contributed by atoms with Crippen molar-refractivity contribution in [3.05, 3.63) is 112 Å².